The van der Waals surface area contributed by atoms with Crippen LogP contribution in [0, 0.1) is 5.92 Å². The predicted molar refractivity (Wildman–Crippen MR) is 84.5 cm³/mol. The lowest BCUT2D eigenvalue weighted by Crippen LogP contribution is -2.53. The summed E-state index contributed by atoms with van der Waals surface area (Å²) in [5.41, 5.74) is 5.84. The molecule has 1 fully saturated rings. The average molecular weight is 311 g/mol. The first-order valence-corrected chi connectivity index (χ1v) is 7.82. The minimum Gasteiger partial charge on any atom is -0.492 e. The van der Waals surface area contributed by atoms with Crippen LogP contribution in [0.5, 0.6) is 5.75 Å². The van der Waals surface area contributed by atoms with E-state index in [9.17, 15) is 4.79 Å². The fourth-order valence-electron chi connectivity index (χ4n) is 2.81. The molecule has 0 bridgehead atoms. The third-order valence-corrected chi connectivity index (χ3v) is 4.27. The van der Waals surface area contributed by atoms with E-state index in [1.54, 1.807) is 12.1 Å². The Morgan fingerprint density at radius 1 is 1.52 bits per heavy atom. The molecule has 0 heterocycles. The standard InChI is InChI=1S/C16H23ClN2O2/c1-16(18)8-3-2-7-14(16)15(20)19-9-10-21-13-6-4-5-12(17)11-13/h4-6,11,14H,2-3,7-10,18H2,1H3,(H,19,20). The number of carbonyl (C=O) groups is 1. The van der Waals surface area contributed by atoms with E-state index in [-0.39, 0.29) is 11.8 Å². The molecule has 1 aromatic rings. The van der Waals surface area contributed by atoms with Gasteiger partial charge in [-0.3, -0.25) is 4.79 Å². The van der Waals surface area contributed by atoms with E-state index in [2.05, 4.69) is 5.32 Å². The molecule has 3 N–H and O–H groups in total. The second-order valence-electron chi connectivity index (χ2n) is 5.90. The molecule has 5 heteroatoms. The maximum atomic E-state index is 12.2. The van der Waals surface area contributed by atoms with Crippen molar-refractivity contribution >= 4 is 17.5 Å². The molecule has 4 nitrogen and oxygen atoms in total. The Morgan fingerprint density at radius 2 is 2.33 bits per heavy atom. The Hall–Kier alpha value is -1.26. The summed E-state index contributed by atoms with van der Waals surface area (Å²) in [4.78, 5) is 12.2. The number of ether oxygens (including phenoxy) is 1. The second kappa shape index (κ2) is 7.14. The summed E-state index contributed by atoms with van der Waals surface area (Å²) in [7, 11) is 0. The van der Waals surface area contributed by atoms with E-state index in [0.717, 1.165) is 25.7 Å². The highest BCUT2D eigenvalue weighted by molar-refractivity contribution is 6.30. The Balaban J connectivity index is 1.74. The third-order valence-electron chi connectivity index (χ3n) is 4.04. The number of nitrogens with two attached hydrogens (primary N) is 1. The summed E-state index contributed by atoms with van der Waals surface area (Å²) >= 11 is 5.88. The van der Waals surface area contributed by atoms with Gasteiger partial charge in [0.25, 0.3) is 0 Å². The molecular weight excluding hydrogens is 288 g/mol. The molecule has 1 saturated carbocycles. The summed E-state index contributed by atoms with van der Waals surface area (Å²) in [6.07, 6.45) is 3.95. The first kappa shape index (κ1) is 16.1. The van der Waals surface area contributed by atoms with Gasteiger partial charge in [-0.25, -0.2) is 0 Å². The van der Waals surface area contributed by atoms with Crippen LogP contribution in [0.15, 0.2) is 24.3 Å². The molecule has 0 radical (unpaired) electrons. The molecule has 0 spiro atoms. The highest BCUT2D eigenvalue weighted by Crippen LogP contribution is 2.31. The number of rotatable bonds is 5. The summed E-state index contributed by atoms with van der Waals surface area (Å²) in [6, 6.07) is 7.22. The molecule has 0 aliphatic heterocycles. The number of amides is 1. The lowest BCUT2D eigenvalue weighted by molar-refractivity contribution is -0.128. The van der Waals surface area contributed by atoms with Crippen molar-refractivity contribution in [2.24, 2.45) is 11.7 Å². The molecule has 2 unspecified atom stereocenters. The molecule has 2 rings (SSSR count). The monoisotopic (exact) mass is 310 g/mol. The normalized spacial score (nSPS) is 25.4. The summed E-state index contributed by atoms with van der Waals surface area (Å²) in [5, 5.41) is 3.55. The zero-order valence-electron chi connectivity index (χ0n) is 12.4. The molecule has 2 atom stereocenters. The van der Waals surface area contributed by atoms with Crippen molar-refractivity contribution in [2.75, 3.05) is 13.2 Å². The summed E-state index contributed by atoms with van der Waals surface area (Å²) < 4.78 is 5.55. The number of hydrogen-bond acceptors (Lipinski definition) is 3. The zero-order chi connectivity index (χ0) is 15.3. The van der Waals surface area contributed by atoms with E-state index < -0.39 is 5.54 Å². The van der Waals surface area contributed by atoms with Gasteiger partial charge in [-0.05, 0) is 38.0 Å². The van der Waals surface area contributed by atoms with Crippen LogP contribution < -0.4 is 15.8 Å². The SMILES string of the molecule is CC1(N)CCCCC1C(=O)NCCOc1cccc(Cl)c1. The molecule has 1 aliphatic rings. The maximum absolute atomic E-state index is 12.2. The van der Waals surface area contributed by atoms with Crippen LogP contribution in [0.3, 0.4) is 0 Å². The largest absolute Gasteiger partial charge is 0.492 e. The Morgan fingerprint density at radius 3 is 3.05 bits per heavy atom. The lowest BCUT2D eigenvalue weighted by atomic mass is 9.74. The smallest absolute Gasteiger partial charge is 0.225 e. The van der Waals surface area contributed by atoms with Crippen LogP contribution in [-0.4, -0.2) is 24.6 Å². The minimum atomic E-state index is -0.393. The van der Waals surface area contributed by atoms with Gasteiger partial charge >= 0.3 is 0 Å². The number of carbonyl (C=O) groups excluding carboxylic acids is 1. The fraction of sp³-hybridized carbons (Fsp3) is 0.562. The van der Waals surface area contributed by atoms with Crippen LogP contribution in [0.2, 0.25) is 5.02 Å². The predicted octanol–water partition coefficient (Wildman–Crippen LogP) is 2.74. The van der Waals surface area contributed by atoms with E-state index in [1.165, 1.54) is 0 Å². The van der Waals surface area contributed by atoms with Crippen molar-refractivity contribution in [1.82, 2.24) is 5.32 Å². The highest BCUT2D eigenvalue weighted by atomic mass is 35.5. The van der Waals surface area contributed by atoms with Gasteiger partial charge in [0.1, 0.15) is 12.4 Å². The van der Waals surface area contributed by atoms with E-state index >= 15 is 0 Å². The first-order chi connectivity index (χ1) is 9.99. The molecule has 1 amide bonds. The van der Waals surface area contributed by atoms with Crippen LogP contribution >= 0.6 is 11.6 Å². The number of benzene rings is 1. The van der Waals surface area contributed by atoms with Crippen LogP contribution in [-0.2, 0) is 4.79 Å². The van der Waals surface area contributed by atoms with Gasteiger partial charge in [0, 0.05) is 10.6 Å². The molecule has 0 saturated heterocycles. The Labute approximate surface area is 131 Å². The van der Waals surface area contributed by atoms with Crippen molar-refractivity contribution < 1.29 is 9.53 Å². The number of hydrogen-bond donors (Lipinski definition) is 2. The second-order valence-corrected chi connectivity index (χ2v) is 6.34. The van der Waals surface area contributed by atoms with Gasteiger partial charge < -0.3 is 15.8 Å². The molecule has 116 valence electrons. The number of nitrogens with one attached hydrogen (secondary N) is 1. The molecular formula is C16H23ClN2O2. The number of halogens is 1. The van der Waals surface area contributed by atoms with Gasteiger partial charge in [-0.2, -0.15) is 0 Å². The summed E-state index contributed by atoms with van der Waals surface area (Å²) in [5.74, 6) is 0.643. The average Bonchev–Trinajstić information content (AvgIpc) is 2.43. The molecule has 21 heavy (non-hydrogen) atoms. The molecule has 0 aromatic heterocycles. The van der Waals surface area contributed by atoms with Crippen molar-refractivity contribution in [1.29, 1.82) is 0 Å². The minimum absolute atomic E-state index is 0.0365. The van der Waals surface area contributed by atoms with Gasteiger partial charge in [0.15, 0.2) is 0 Å². The van der Waals surface area contributed by atoms with Crippen molar-refractivity contribution in [3.63, 3.8) is 0 Å². The van der Waals surface area contributed by atoms with E-state index in [0.29, 0.717) is 23.9 Å². The van der Waals surface area contributed by atoms with E-state index in [1.807, 2.05) is 19.1 Å². The topological polar surface area (TPSA) is 64.4 Å². The van der Waals surface area contributed by atoms with Crippen molar-refractivity contribution in [2.45, 2.75) is 38.1 Å². The lowest BCUT2D eigenvalue weighted by Gasteiger charge is -2.37. The van der Waals surface area contributed by atoms with Crippen molar-refractivity contribution in [3.05, 3.63) is 29.3 Å². The van der Waals surface area contributed by atoms with Crippen LogP contribution in [0.25, 0.3) is 0 Å². The van der Waals surface area contributed by atoms with Gasteiger partial charge in [-0.15, -0.1) is 0 Å². The summed E-state index contributed by atoms with van der Waals surface area (Å²) in [6.45, 7) is 2.86. The van der Waals surface area contributed by atoms with Crippen LogP contribution in [0.4, 0.5) is 0 Å². The maximum Gasteiger partial charge on any atom is 0.225 e. The van der Waals surface area contributed by atoms with Gasteiger partial charge in [-0.1, -0.05) is 30.5 Å². The van der Waals surface area contributed by atoms with Crippen molar-refractivity contribution in [3.8, 4) is 5.75 Å². The first-order valence-electron chi connectivity index (χ1n) is 7.44. The van der Waals surface area contributed by atoms with Gasteiger partial charge in [0.05, 0.1) is 12.5 Å². The Kier molecular flexibility index (Phi) is 5.48. The Bertz CT molecular complexity index is 491. The zero-order valence-corrected chi connectivity index (χ0v) is 13.2. The van der Waals surface area contributed by atoms with E-state index in [4.69, 9.17) is 22.1 Å². The molecule has 1 aromatic carbocycles. The highest BCUT2D eigenvalue weighted by Gasteiger charge is 2.37. The van der Waals surface area contributed by atoms with Crippen LogP contribution in [0.1, 0.15) is 32.6 Å². The molecule has 1 aliphatic carbocycles. The van der Waals surface area contributed by atoms with Gasteiger partial charge in [0.2, 0.25) is 5.91 Å². The quantitative estimate of drug-likeness (QED) is 0.822. The third kappa shape index (κ3) is 4.61. The fourth-order valence-corrected chi connectivity index (χ4v) is 2.99.